The van der Waals surface area contributed by atoms with Gasteiger partial charge in [-0.1, -0.05) is 40.9 Å². The third kappa shape index (κ3) is 3.41. The van der Waals surface area contributed by atoms with Crippen LogP contribution in [0.2, 0.25) is 0 Å². The fourth-order valence-electron chi connectivity index (χ4n) is 2.89. The molecule has 0 heterocycles. The van der Waals surface area contributed by atoms with E-state index in [2.05, 4.69) is 33.4 Å². The van der Waals surface area contributed by atoms with Crippen molar-refractivity contribution in [1.82, 2.24) is 5.32 Å². The van der Waals surface area contributed by atoms with Gasteiger partial charge in [0.1, 0.15) is 0 Å². The highest BCUT2D eigenvalue weighted by molar-refractivity contribution is 9.10. The number of carbonyl (C=O) groups is 1. The Labute approximate surface area is 129 Å². The third-order valence-corrected chi connectivity index (χ3v) is 4.47. The minimum Gasteiger partial charge on any atom is -0.354 e. The van der Waals surface area contributed by atoms with Gasteiger partial charge in [-0.2, -0.15) is 0 Å². The Morgan fingerprint density at radius 1 is 1.40 bits per heavy atom. The molecule has 1 aromatic rings. The van der Waals surface area contributed by atoms with E-state index in [1.165, 1.54) is 0 Å². The standard InChI is InChI=1S/C16H23BrN2O/c1-15(2,18)11-19-14(20)16(8-3-4-9-16)12-6-5-7-13(17)10-12/h5-7,10H,3-4,8-9,11,18H2,1-2H3,(H,19,20). The van der Waals surface area contributed by atoms with Crippen LogP contribution < -0.4 is 11.1 Å². The normalized spacial score (nSPS) is 18.0. The molecular formula is C16H23BrN2O. The second-order valence-corrected chi connectivity index (χ2v) is 7.39. The number of hydrogen-bond donors (Lipinski definition) is 2. The summed E-state index contributed by atoms with van der Waals surface area (Å²) in [6.45, 7) is 4.35. The molecule has 0 bridgehead atoms. The number of nitrogens with one attached hydrogen (secondary N) is 1. The number of benzene rings is 1. The van der Waals surface area contributed by atoms with Gasteiger partial charge in [-0.05, 0) is 44.4 Å². The predicted octanol–water partition coefficient (Wildman–Crippen LogP) is 3.11. The Bertz CT molecular complexity index is 487. The molecule has 0 atom stereocenters. The second kappa shape index (κ2) is 5.86. The van der Waals surface area contributed by atoms with Crippen molar-refractivity contribution in [3.63, 3.8) is 0 Å². The molecule has 0 aliphatic heterocycles. The Balaban J connectivity index is 2.24. The van der Waals surface area contributed by atoms with Crippen LogP contribution >= 0.6 is 15.9 Å². The fraction of sp³-hybridized carbons (Fsp3) is 0.562. The van der Waals surface area contributed by atoms with E-state index in [0.29, 0.717) is 6.54 Å². The lowest BCUT2D eigenvalue weighted by Crippen LogP contribution is -2.50. The van der Waals surface area contributed by atoms with Gasteiger partial charge < -0.3 is 11.1 Å². The first-order chi connectivity index (χ1) is 9.33. The van der Waals surface area contributed by atoms with E-state index in [0.717, 1.165) is 35.7 Å². The highest BCUT2D eigenvalue weighted by Crippen LogP contribution is 2.42. The smallest absolute Gasteiger partial charge is 0.230 e. The molecule has 1 amide bonds. The lowest BCUT2D eigenvalue weighted by atomic mass is 9.78. The zero-order chi connectivity index (χ0) is 14.8. The first kappa shape index (κ1) is 15.5. The Morgan fingerprint density at radius 3 is 2.60 bits per heavy atom. The van der Waals surface area contributed by atoms with Gasteiger partial charge >= 0.3 is 0 Å². The topological polar surface area (TPSA) is 55.1 Å². The summed E-state index contributed by atoms with van der Waals surface area (Å²) in [5.41, 5.74) is 6.31. The van der Waals surface area contributed by atoms with Crippen LogP contribution in [0, 0.1) is 0 Å². The number of amides is 1. The molecule has 1 saturated carbocycles. The molecule has 0 saturated heterocycles. The number of halogens is 1. The van der Waals surface area contributed by atoms with Crippen LogP contribution in [0.25, 0.3) is 0 Å². The van der Waals surface area contributed by atoms with Crippen molar-refractivity contribution in [3.05, 3.63) is 34.3 Å². The monoisotopic (exact) mass is 338 g/mol. The molecule has 4 heteroatoms. The van der Waals surface area contributed by atoms with Crippen LogP contribution in [0.4, 0.5) is 0 Å². The maximum absolute atomic E-state index is 12.7. The third-order valence-electron chi connectivity index (χ3n) is 3.97. The minimum atomic E-state index is -0.382. The SMILES string of the molecule is CC(C)(N)CNC(=O)C1(c2cccc(Br)c2)CCCC1. The van der Waals surface area contributed by atoms with Crippen molar-refractivity contribution >= 4 is 21.8 Å². The summed E-state index contributed by atoms with van der Waals surface area (Å²) in [4.78, 5) is 12.7. The summed E-state index contributed by atoms with van der Waals surface area (Å²) in [5, 5.41) is 3.04. The summed E-state index contributed by atoms with van der Waals surface area (Å²) in [6.07, 6.45) is 4.04. The quantitative estimate of drug-likeness (QED) is 0.886. The summed E-state index contributed by atoms with van der Waals surface area (Å²) < 4.78 is 1.02. The van der Waals surface area contributed by atoms with Gasteiger partial charge in [0.2, 0.25) is 5.91 Å². The molecule has 20 heavy (non-hydrogen) atoms. The van der Waals surface area contributed by atoms with Crippen LogP contribution in [0.5, 0.6) is 0 Å². The predicted molar refractivity (Wildman–Crippen MR) is 85.6 cm³/mol. The number of carbonyl (C=O) groups excluding carboxylic acids is 1. The maximum atomic E-state index is 12.7. The number of nitrogens with two attached hydrogens (primary N) is 1. The summed E-state index contributed by atoms with van der Waals surface area (Å²) in [6, 6.07) is 8.12. The van der Waals surface area contributed by atoms with E-state index in [1.54, 1.807) is 0 Å². The van der Waals surface area contributed by atoms with Gasteiger partial charge in [0, 0.05) is 16.6 Å². The molecule has 2 rings (SSSR count). The largest absolute Gasteiger partial charge is 0.354 e. The van der Waals surface area contributed by atoms with Gasteiger partial charge in [-0.3, -0.25) is 4.79 Å². The molecule has 1 fully saturated rings. The van der Waals surface area contributed by atoms with Gasteiger partial charge in [0.15, 0.2) is 0 Å². The number of rotatable bonds is 4. The molecule has 1 aliphatic carbocycles. The molecule has 3 N–H and O–H groups in total. The Hall–Kier alpha value is -0.870. The summed E-state index contributed by atoms with van der Waals surface area (Å²) in [5.74, 6) is 0.117. The number of hydrogen-bond acceptors (Lipinski definition) is 2. The van der Waals surface area contributed by atoms with Crippen LogP contribution in [-0.4, -0.2) is 18.0 Å². The minimum absolute atomic E-state index is 0.117. The van der Waals surface area contributed by atoms with Crippen LogP contribution in [0.15, 0.2) is 28.7 Å². The molecule has 110 valence electrons. The highest BCUT2D eigenvalue weighted by Gasteiger charge is 2.42. The van der Waals surface area contributed by atoms with Crippen molar-refractivity contribution in [2.24, 2.45) is 5.73 Å². The first-order valence-corrected chi connectivity index (χ1v) is 7.96. The average Bonchev–Trinajstić information content (AvgIpc) is 2.85. The molecule has 3 nitrogen and oxygen atoms in total. The van der Waals surface area contributed by atoms with E-state index in [4.69, 9.17) is 5.73 Å². The fourth-order valence-corrected chi connectivity index (χ4v) is 3.29. The Morgan fingerprint density at radius 2 is 2.05 bits per heavy atom. The summed E-state index contributed by atoms with van der Waals surface area (Å²) >= 11 is 3.50. The average molecular weight is 339 g/mol. The van der Waals surface area contributed by atoms with E-state index in [9.17, 15) is 4.79 Å². The van der Waals surface area contributed by atoms with Gasteiger partial charge in [-0.25, -0.2) is 0 Å². The van der Waals surface area contributed by atoms with Crippen molar-refractivity contribution < 1.29 is 4.79 Å². The molecule has 0 aromatic heterocycles. The zero-order valence-corrected chi connectivity index (χ0v) is 13.8. The van der Waals surface area contributed by atoms with E-state index < -0.39 is 0 Å². The molecule has 1 aliphatic rings. The lowest BCUT2D eigenvalue weighted by Gasteiger charge is -2.30. The molecule has 0 spiro atoms. The van der Waals surface area contributed by atoms with Gasteiger partial charge in [0.25, 0.3) is 0 Å². The molecule has 0 unspecified atom stereocenters. The van der Waals surface area contributed by atoms with Crippen molar-refractivity contribution in [3.8, 4) is 0 Å². The van der Waals surface area contributed by atoms with Crippen molar-refractivity contribution in [2.45, 2.75) is 50.5 Å². The lowest BCUT2D eigenvalue weighted by molar-refractivity contribution is -0.126. The molecule has 1 aromatic carbocycles. The van der Waals surface area contributed by atoms with Crippen LogP contribution in [-0.2, 0) is 10.2 Å². The van der Waals surface area contributed by atoms with Crippen LogP contribution in [0.1, 0.15) is 45.1 Å². The van der Waals surface area contributed by atoms with E-state index in [1.807, 2.05) is 26.0 Å². The summed E-state index contributed by atoms with van der Waals surface area (Å²) in [7, 11) is 0. The Kier molecular flexibility index (Phi) is 4.55. The zero-order valence-electron chi connectivity index (χ0n) is 12.2. The van der Waals surface area contributed by atoms with Crippen molar-refractivity contribution in [2.75, 3.05) is 6.54 Å². The van der Waals surface area contributed by atoms with E-state index in [-0.39, 0.29) is 16.9 Å². The molecule has 0 radical (unpaired) electrons. The van der Waals surface area contributed by atoms with Gasteiger partial charge in [-0.15, -0.1) is 0 Å². The second-order valence-electron chi connectivity index (χ2n) is 6.47. The molecular weight excluding hydrogens is 316 g/mol. The highest BCUT2D eigenvalue weighted by atomic mass is 79.9. The maximum Gasteiger partial charge on any atom is 0.230 e. The van der Waals surface area contributed by atoms with E-state index >= 15 is 0 Å². The van der Waals surface area contributed by atoms with Crippen molar-refractivity contribution in [1.29, 1.82) is 0 Å². The van der Waals surface area contributed by atoms with Crippen LogP contribution in [0.3, 0.4) is 0 Å². The first-order valence-electron chi connectivity index (χ1n) is 7.17. The van der Waals surface area contributed by atoms with Gasteiger partial charge in [0.05, 0.1) is 5.41 Å².